The molecule has 0 spiro atoms. The van der Waals surface area contributed by atoms with Crippen molar-refractivity contribution in [2.75, 3.05) is 7.11 Å². The standard InChI is InChI=1S/C24H29N5O4/c1-24(2,3)33-23(31)27-15-8-7-9-16(12-15)29-20-14-26-19(22(30)32-4)13-18(20)28-21(29)17-10-5-6-11-25-17/h5-6,10-11,13-16H,7-9,12H2,1-4H3,(H,27,31)/t15?,16-/m1/s1. The smallest absolute Gasteiger partial charge is 0.407 e. The van der Waals surface area contributed by atoms with Crippen LogP contribution in [0, 0.1) is 0 Å². The Balaban J connectivity index is 1.69. The van der Waals surface area contributed by atoms with Crippen molar-refractivity contribution in [2.45, 2.75) is 64.1 Å². The Morgan fingerprint density at radius 1 is 1.18 bits per heavy atom. The minimum atomic E-state index is -0.548. The highest BCUT2D eigenvalue weighted by molar-refractivity contribution is 5.92. The lowest BCUT2D eigenvalue weighted by atomic mass is 9.90. The van der Waals surface area contributed by atoms with Crippen LogP contribution in [0.15, 0.2) is 36.7 Å². The first-order valence-corrected chi connectivity index (χ1v) is 11.1. The predicted molar refractivity (Wildman–Crippen MR) is 123 cm³/mol. The van der Waals surface area contributed by atoms with Crippen molar-refractivity contribution in [3.8, 4) is 11.5 Å². The molecule has 1 aliphatic rings. The number of amides is 1. The largest absolute Gasteiger partial charge is 0.464 e. The van der Waals surface area contributed by atoms with Crippen LogP contribution in [0.25, 0.3) is 22.6 Å². The lowest BCUT2D eigenvalue weighted by molar-refractivity contribution is 0.0485. The molecule has 3 aromatic heterocycles. The number of ether oxygens (including phenoxy) is 2. The number of nitrogens with zero attached hydrogens (tertiary/aromatic N) is 4. The average Bonchev–Trinajstić information content (AvgIpc) is 3.16. The number of alkyl carbamates (subject to hydrolysis) is 1. The van der Waals surface area contributed by atoms with E-state index in [1.54, 1.807) is 18.5 Å². The summed E-state index contributed by atoms with van der Waals surface area (Å²) < 4.78 is 12.4. The van der Waals surface area contributed by atoms with Crippen LogP contribution in [0.3, 0.4) is 0 Å². The van der Waals surface area contributed by atoms with Crippen LogP contribution in [0.1, 0.15) is 63.0 Å². The van der Waals surface area contributed by atoms with Crippen molar-refractivity contribution in [3.63, 3.8) is 0 Å². The van der Waals surface area contributed by atoms with Crippen LogP contribution >= 0.6 is 0 Å². The van der Waals surface area contributed by atoms with Gasteiger partial charge in [0, 0.05) is 18.3 Å². The number of esters is 1. The fraction of sp³-hybridized carbons (Fsp3) is 0.458. The maximum atomic E-state index is 12.3. The molecule has 1 unspecified atom stereocenters. The number of pyridine rings is 2. The van der Waals surface area contributed by atoms with Gasteiger partial charge in [-0.2, -0.15) is 0 Å². The summed E-state index contributed by atoms with van der Waals surface area (Å²) in [6, 6.07) is 7.38. The van der Waals surface area contributed by atoms with Gasteiger partial charge in [-0.3, -0.25) is 4.98 Å². The highest BCUT2D eigenvalue weighted by Gasteiger charge is 2.30. The van der Waals surface area contributed by atoms with Crippen molar-refractivity contribution in [1.82, 2.24) is 24.8 Å². The molecule has 3 aromatic rings. The van der Waals surface area contributed by atoms with Gasteiger partial charge < -0.3 is 19.4 Å². The van der Waals surface area contributed by atoms with Gasteiger partial charge in [0.05, 0.1) is 24.3 Å². The monoisotopic (exact) mass is 451 g/mol. The van der Waals surface area contributed by atoms with Crippen LogP contribution in [0.5, 0.6) is 0 Å². The van der Waals surface area contributed by atoms with Gasteiger partial charge in [0.25, 0.3) is 0 Å². The molecule has 9 nitrogen and oxygen atoms in total. The molecule has 3 heterocycles. The van der Waals surface area contributed by atoms with E-state index in [0.717, 1.165) is 36.9 Å². The van der Waals surface area contributed by atoms with Gasteiger partial charge in [-0.1, -0.05) is 6.07 Å². The van der Waals surface area contributed by atoms with Crippen LogP contribution in [0.2, 0.25) is 0 Å². The predicted octanol–water partition coefficient (Wildman–Crippen LogP) is 4.29. The Labute approximate surface area is 192 Å². The molecule has 9 heteroatoms. The molecule has 1 fully saturated rings. The van der Waals surface area contributed by atoms with Crippen molar-refractivity contribution in [3.05, 3.63) is 42.4 Å². The SMILES string of the molecule is COC(=O)c1cc2nc(-c3ccccn3)n([C@@H]3CCCC(NC(=O)OC(C)(C)C)C3)c2cn1. The second kappa shape index (κ2) is 9.17. The number of aromatic nitrogens is 4. The summed E-state index contributed by atoms with van der Waals surface area (Å²) in [4.78, 5) is 37.9. The second-order valence-electron chi connectivity index (χ2n) is 9.23. The fourth-order valence-corrected chi connectivity index (χ4v) is 4.26. The first-order valence-electron chi connectivity index (χ1n) is 11.1. The molecule has 174 valence electrons. The van der Waals surface area contributed by atoms with Crippen molar-refractivity contribution >= 4 is 23.1 Å². The number of nitrogens with one attached hydrogen (secondary N) is 1. The Morgan fingerprint density at radius 3 is 2.70 bits per heavy atom. The summed E-state index contributed by atoms with van der Waals surface area (Å²) in [5.41, 5.74) is 1.85. The molecular weight excluding hydrogens is 422 g/mol. The summed E-state index contributed by atoms with van der Waals surface area (Å²) in [6.45, 7) is 5.55. The Bertz CT molecular complexity index is 1150. The lowest BCUT2D eigenvalue weighted by Crippen LogP contribution is -2.41. The van der Waals surface area contributed by atoms with Crippen LogP contribution in [-0.2, 0) is 9.47 Å². The number of imidazole rings is 1. The minimum Gasteiger partial charge on any atom is -0.464 e. The van der Waals surface area contributed by atoms with Crippen LogP contribution in [-0.4, -0.2) is 50.3 Å². The summed E-state index contributed by atoms with van der Waals surface area (Å²) in [7, 11) is 1.33. The zero-order valence-electron chi connectivity index (χ0n) is 19.4. The highest BCUT2D eigenvalue weighted by atomic mass is 16.6. The lowest BCUT2D eigenvalue weighted by Gasteiger charge is -2.32. The average molecular weight is 452 g/mol. The van der Waals surface area contributed by atoms with Crippen molar-refractivity contribution in [1.29, 1.82) is 0 Å². The van der Waals surface area contributed by atoms with Crippen molar-refractivity contribution < 1.29 is 19.1 Å². The molecule has 0 aromatic carbocycles. The van der Waals surface area contributed by atoms with Gasteiger partial charge in [-0.15, -0.1) is 0 Å². The van der Waals surface area contributed by atoms with E-state index < -0.39 is 17.7 Å². The van der Waals surface area contributed by atoms with E-state index in [4.69, 9.17) is 14.5 Å². The van der Waals surface area contributed by atoms with Gasteiger partial charge in [0.2, 0.25) is 0 Å². The van der Waals surface area contributed by atoms with E-state index in [0.29, 0.717) is 11.3 Å². The topological polar surface area (TPSA) is 108 Å². The third kappa shape index (κ3) is 5.13. The van der Waals surface area contributed by atoms with Gasteiger partial charge >= 0.3 is 12.1 Å². The molecule has 0 bridgehead atoms. The summed E-state index contributed by atoms with van der Waals surface area (Å²) in [5.74, 6) is 0.197. The normalized spacial score (nSPS) is 18.7. The number of hydrogen-bond acceptors (Lipinski definition) is 7. The summed E-state index contributed by atoms with van der Waals surface area (Å²) in [5, 5.41) is 3.02. The third-order valence-electron chi connectivity index (χ3n) is 5.60. The molecule has 0 saturated heterocycles. The van der Waals surface area contributed by atoms with E-state index in [9.17, 15) is 9.59 Å². The minimum absolute atomic E-state index is 0.0186. The highest BCUT2D eigenvalue weighted by Crippen LogP contribution is 2.35. The maximum absolute atomic E-state index is 12.3. The van der Waals surface area contributed by atoms with Gasteiger partial charge in [0.15, 0.2) is 11.5 Å². The molecule has 1 aliphatic carbocycles. The maximum Gasteiger partial charge on any atom is 0.407 e. The van der Waals surface area contributed by atoms with Gasteiger partial charge in [-0.05, 0) is 64.7 Å². The number of carbonyl (C=O) groups is 2. The van der Waals surface area contributed by atoms with Gasteiger partial charge in [-0.25, -0.2) is 19.6 Å². The Hall–Kier alpha value is -3.49. The van der Waals surface area contributed by atoms with E-state index in [-0.39, 0.29) is 17.8 Å². The van der Waals surface area contributed by atoms with E-state index in [1.807, 2.05) is 39.0 Å². The quantitative estimate of drug-likeness (QED) is 0.590. The Morgan fingerprint density at radius 2 is 2.00 bits per heavy atom. The zero-order valence-corrected chi connectivity index (χ0v) is 19.4. The third-order valence-corrected chi connectivity index (χ3v) is 5.60. The Kier molecular flexibility index (Phi) is 6.31. The molecule has 0 aliphatic heterocycles. The summed E-state index contributed by atoms with van der Waals surface area (Å²) >= 11 is 0. The second-order valence-corrected chi connectivity index (χ2v) is 9.23. The number of rotatable bonds is 4. The summed E-state index contributed by atoms with van der Waals surface area (Å²) in [6.07, 6.45) is 6.46. The van der Waals surface area contributed by atoms with E-state index in [1.165, 1.54) is 7.11 Å². The molecular formula is C24H29N5O4. The molecule has 33 heavy (non-hydrogen) atoms. The molecule has 0 radical (unpaired) electrons. The van der Waals surface area contributed by atoms with Crippen LogP contribution < -0.4 is 5.32 Å². The van der Waals surface area contributed by atoms with Crippen LogP contribution in [0.4, 0.5) is 4.79 Å². The molecule has 1 amide bonds. The zero-order chi connectivity index (χ0) is 23.6. The number of fused-ring (bicyclic) bond motifs is 1. The van der Waals surface area contributed by atoms with E-state index in [2.05, 4.69) is 19.9 Å². The molecule has 2 atom stereocenters. The number of methoxy groups -OCH3 is 1. The molecule has 1 saturated carbocycles. The first-order chi connectivity index (χ1) is 15.7. The number of hydrogen-bond donors (Lipinski definition) is 1. The van der Waals surface area contributed by atoms with Crippen molar-refractivity contribution in [2.24, 2.45) is 0 Å². The number of carbonyl (C=O) groups excluding carboxylic acids is 2. The van der Waals surface area contributed by atoms with E-state index >= 15 is 0 Å². The molecule has 4 rings (SSSR count). The van der Waals surface area contributed by atoms with Gasteiger partial charge in [0.1, 0.15) is 11.3 Å². The fourth-order valence-electron chi connectivity index (χ4n) is 4.26. The first kappa shape index (κ1) is 22.7. The molecule has 1 N–H and O–H groups in total.